The van der Waals surface area contributed by atoms with Crippen LogP contribution in [0.15, 0.2) is 15.9 Å². The molecule has 2 fully saturated rings. The summed E-state index contributed by atoms with van der Waals surface area (Å²) < 4.78 is 1.12. The van der Waals surface area contributed by atoms with Crippen LogP contribution in [0.1, 0.15) is 37.1 Å². The zero-order chi connectivity index (χ0) is 15.0. The van der Waals surface area contributed by atoms with Gasteiger partial charge < -0.3 is 11.1 Å². The summed E-state index contributed by atoms with van der Waals surface area (Å²) in [6.07, 6.45) is 3.03. The average molecular weight is 372 g/mol. The molecule has 0 radical (unpaired) electrons. The smallest absolute Gasteiger partial charge is 0.224 e. The molecule has 6 heteroatoms. The second-order valence-corrected chi connectivity index (χ2v) is 7.84. The van der Waals surface area contributed by atoms with Gasteiger partial charge in [0.2, 0.25) is 5.91 Å². The lowest BCUT2D eigenvalue weighted by molar-refractivity contribution is -0.124. The highest BCUT2D eigenvalue weighted by atomic mass is 79.9. The molecule has 116 valence electrons. The Balaban J connectivity index is 1.90. The fraction of sp³-hybridized carbons (Fsp3) is 0.667. The summed E-state index contributed by atoms with van der Waals surface area (Å²) >= 11 is 5.30. The number of likely N-dealkylation sites (tertiary alicyclic amines) is 1. The van der Waals surface area contributed by atoms with Crippen LogP contribution in [0.3, 0.4) is 0 Å². The number of fused-ring (bicyclic) bond motifs is 1. The molecule has 1 aromatic rings. The zero-order valence-corrected chi connectivity index (χ0v) is 14.6. The van der Waals surface area contributed by atoms with Crippen molar-refractivity contribution in [2.24, 2.45) is 11.7 Å². The van der Waals surface area contributed by atoms with Crippen molar-refractivity contribution in [2.75, 3.05) is 13.1 Å². The van der Waals surface area contributed by atoms with E-state index in [9.17, 15) is 4.79 Å². The fourth-order valence-corrected chi connectivity index (χ4v) is 5.30. The molecule has 3 N–H and O–H groups in total. The molecule has 0 spiro atoms. The minimum absolute atomic E-state index is 0.102. The Morgan fingerprint density at radius 3 is 3.10 bits per heavy atom. The van der Waals surface area contributed by atoms with Gasteiger partial charge in [0, 0.05) is 33.4 Å². The van der Waals surface area contributed by atoms with Crippen molar-refractivity contribution >= 4 is 33.2 Å². The molecule has 3 heterocycles. The van der Waals surface area contributed by atoms with Gasteiger partial charge in [-0.05, 0) is 47.8 Å². The molecule has 1 amide bonds. The van der Waals surface area contributed by atoms with E-state index in [1.165, 1.54) is 4.88 Å². The zero-order valence-electron chi connectivity index (χ0n) is 12.2. The van der Waals surface area contributed by atoms with E-state index in [1.54, 1.807) is 11.3 Å². The lowest BCUT2D eigenvalue weighted by Crippen LogP contribution is -2.51. The van der Waals surface area contributed by atoms with Gasteiger partial charge in [-0.15, -0.1) is 11.3 Å². The molecule has 2 aliphatic rings. The Hall–Kier alpha value is -0.430. The van der Waals surface area contributed by atoms with Crippen molar-refractivity contribution in [1.29, 1.82) is 0 Å². The Morgan fingerprint density at radius 1 is 1.62 bits per heavy atom. The number of halogens is 1. The molecule has 2 aliphatic heterocycles. The monoisotopic (exact) mass is 371 g/mol. The first-order chi connectivity index (χ1) is 10.1. The lowest BCUT2D eigenvalue weighted by atomic mass is 9.88. The third-order valence-corrected chi connectivity index (χ3v) is 6.52. The number of nitrogens with one attached hydrogen (secondary N) is 1. The highest BCUT2D eigenvalue weighted by molar-refractivity contribution is 9.10. The summed E-state index contributed by atoms with van der Waals surface area (Å²) in [5.41, 5.74) is 6.45. The number of rotatable bonds is 4. The molecule has 3 rings (SSSR count). The fourth-order valence-electron chi connectivity index (χ4n) is 3.66. The van der Waals surface area contributed by atoms with Gasteiger partial charge in [-0.3, -0.25) is 9.69 Å². The van der Waals surface area contributed by atoms with Gasteiger partial charge in [0.05, 0.1) is 12.0 Å². The number of carbonyl (C=O) groups excluding carboxylic acids is 1. The number of amides is 1. The van der Waals surface area contributed by atoms with Gasteiger partial charge in [-0.2, -0.15) is 0 Å². The van der Waals surface area contributed by atoms with E-state index < -0.39 is 0 Å². The van der Waals surface area contributed by atoms with Crippen LogP contribution in [0.4, 0.5) is 0 Å². The van der Waals surface area contributed by atoms with Crippen molar-refractivity contribution in [3.05, 3.63) is 20.8 Å². The van der Waals surface area contributed by atoms with E-state index in [-0.39, 0.29) is 23.9 Å². The number of piperidine rings is 1. The third-order valence-electron chi connectivity index (χ3n) is 4.76. The molecule has 4 nitrogen and oxygen atoms in total. The molecular weight excluding hydrogens is 350 g/mol. The normalized spacial score (nSPS) is 29.0. The minimum Gasteiger partial charge on any atom is -0.354 e. The molecule has 0 aliphatic carbocycles. The Labute approximate surface area is 138 Å². The van der Waals surface area contributed by atoms with E-state index in [0.717, 1.165) is 36.8 Å². The maximum atomic E-state index is 12.0. The highest BCUT2D eigenvalue weighted by Crippen LogP contribution is 2.38. The average Bonchev–Trinajstić information content (AvgIpc) is 3.07. The van der Waals surface area contributed by atoms with Crippen molar-refractivity contribution in [3.8, 4) is 0 Å². The largest absolute Gasteiger partial charge is 0.354 e. The van der Waals surface area contributed by atoms with E-state index in [0.29, 0.717) is 6.04 Å². The van der Waals surface area contributed by atoms with E-state index >= 15 is 0 Å². The number of thiophene rings is 1. The SMILES string of the molecule is CCC(N)C(c1cc(Br)cs1)N1CCCC2C(=O)NCC21. The van der Waals surface area contributed by atoms with Crippen LogP contribution in [-0.2, 0) is 4.79 Å². The number of carbonyl (C=O) groups is 1. The molecule has 2 saturated heterocycles. The molecule has 0 bridgehead atoms. The van der Waals surface area contributed by atoms with Crippen LogP contribution in [0.5, 0.6) is 0 Å². The molecule has 0 saturated carbocycles. The Bertz CT molecular complexity index is 521. The second kappa shape index (κ2) is 6.36. The molecule has 4 atom stereocenters. The predicted molar refractivity (Wildman–Crippen MR) is 89.3 cm³/mol. The lowest BCUT2D eigenvalue weighted by Gasteiger charge is -2.43. The summed E-state index contributed by atoms with van der Waals surface area (Å²) in [5, 5.41) is 5.15. The first-order valence-electron chi connectivity index (χ1n) is 7.64. The topological polar surface area (TPSA) is 58.4 Å². The Kier molecular flexibility index (Phi) is 4.69. The number of hydrogen-bond acceptors (Lipinski definition) is 4. The molecule has 4 unspecified atom stereocenters. The summed E-state index contributed by atoms with van der Waals surface area (Å²) in [6, 6.07) is 2.80. The minimum atomic E-state index is 0.102. The highest BCUT2D eigenvalue weighted by Gasteiger charge is 2.44. The summed E-state index contributed by atoms with van der Waals surface area (Å²) in [4.78, 5) is 15.8. The third kappa shape index (κ3) is 2.91. The summed E-state index contributed by atoms with van der Waals surface area (Å²) in [6.45, 7) is 3.94. The van der Waals surface area contributed by atoms with Crippen LogP contribution in [-0.4, -0.2) is 36.0 Å². The van der Waals surface area contributed by atoms with Crippen LogP contribution >= 0.6 is 27.3 Å². The standard InChI is InChI=1S/C15H22BrN3OS/c1-2-11(17)14(13-6-9(16)8-21-13)19-5-3-4-10-12(19)7-18-15(10)20/h6,8,10-12,14H,2-5,7,17H2,1H3,(H,18,20). The van der Waals surface area contributed by atoms with Crippen molar-refractivity contribution < 1.29 is 4.79 Å². The van der Waals surface area contributed by atoms with E-state index in [4.69, 9.17) is 5.73 Å². The van der Waals surface area contributed by atoms with Crippen LogP contribution in [0.2, 0.25) is 0 Å². The maximum absolute atomic E-state index is 12.0. The Morgan fingerprint density at radius 2 is 2.43 bits per heavy atom. The van der Waals surface area contributed by atoms with Crippen LogP contribution < -0.4 is 11.1 Å². The summed E-state index contributed by atoms with van der Waals surface area (Å²) in [7, 11) is 0. The molecular formula is C15H22BrN3OS. The van der Waals surface area contributed by atoms with Gasteiger partial charge in [0.15, 0.2) is 0 Å². The predicted octanol–water partition coefficient (Wildman–Crippen LogP) is 2.50. The molecule has 0 aromatic carbocycles. The summed E-state index contributed by atoms with van der Waals surface area (Å²) in [5.74, 6) is 0.370. The van der Waals surface area contributed by atoms with Gasteiger partial charge >= 0.3 is 0 Å². The van der Waals surface area contributed by atoms with Gasteiger partial charge in [-0.1, -0.05) is 6.92 Å². The first kappa shape index (κ1) is 15.5. The van der Waals surface area contributed by atoms with Gasteiger partial charge in [0.25, 0.3) is 0 Å². The number of hydrogen-bond donors (Lipinski definition) is 2. The second-order valence-electron chi connectivity index (χ2n) is 5.98. The van der Waals surface area contributed by atoms with Gasteiger partial charge in [-0.25, -0.2) is 0 Å². The van der Waals surface area contributed by atoms with Crippen LogP contribution in [0, 0.1) is 5.92 Å². The van der Waals surface area contributed by atoms with Gasteiger partial charge in [0.1, 0.15) is 0 Å². The van der Waals surface area contributed by atoms with E-state index in [2.05, 4.69) is 44.5 Å². The molecule has 1 aromatic heterocycles. The van der Waals surface area contributed by atoms with Crippen LogP contribution in [0.25, 0.3) is 0 Å². The number of nitrogens with zero attached hydrogens (tertiary/aromatic N) is 1. The van der Waals surface area contributed by atoms with E-state index in [1.807, 2.05) is 0 Å². The maximum Gasteiger partial charge on any atom is 0.224 e. The quantitative estimate of drug-likeness (QED) is 0.854. The molecule has 21 heavy (non-hydrogen) atoms. The van der Waals surface area contributed by atoms with Crippen molar-refractivity contribution in [2.45, 2.75) is 44.3 Å². The van der Waals surface area contributed by atoms with Crippen molar-refractivity contribution in [1.82, 2.24) is 10.2 Å². The number of nitrogens with two attached hydrogens (primary N) is 1. The first-order valence-corrected chi connectivity index (χ1v) is 9.32. The van der Waals surface area contributed by atoms with Crippen molar-refractivity contribution in [3.63, 3.8) is 0 Å².